The van der Waals surface area contributed by atoms with Crippen molar-refractivity contribution in [3.8, 4) is 11.1 Å². The van der Waals surface area contributed by atoms with Gasteiger partial charge >= 0.3 is 0 Å². The van der Waals surface area contributed by atoms with Crippen LogP contribution in [0.15, 0.2) is 24.3 Å². The molecule has 0 saturated carbocycles. The molecular weight excluding hydrogens is 310 g/mol. The molecule has 0 radical (unpaired) electrons. The number of hydrogen-bond donors (Lipinski definition) is 1. The number of primary amides is 1. The quantitative estimate of drug-likeness (QED) is 0.819. The zero-order valence-electron chi connectivity index (χ0n) is 16.4. The van der Waals surface area contributed by atoms with Gasteiger partial charge in [-0.1, -0.05) is 32.9 Å². The van der Waals surface area contributed by atoms with E-state index in [1.54, 1.807) is 0 Å². The number of hydrogen-bond acceptors (Lipinski definition) is 2. The monoisotopic (exact) mass is 341 g/mol. The average molecular weight is 341 g/mol. The molecule has 25 heavy (non-hydrogen) atoms. The number of carbonyl (C=O) groups excluding carboxylic acids is 1. The van der Waals surface area contributed by atoms with Crippen LogP contribution in [0.5, 0.6) is 0 Å². The van der Waals surface area contributed by atoms with E-state index in [2.05, 4.69) is 54.5 Å². The van der Waals surface area contributed by atoms with Crippen molar-refractivity contribution in [1.29, 1.82) is 0 Å². The van der Waals surface area contributed by atoms with Crippen LogP contribution < -0.4 is 10.6 Å². The molecule has 4 nitrogen and oxygen atoms in total. The molecule has 0 spiro atoms. The molecule has 0 saturated heterocycles. The summed E-state index contributed by atoms with van der Waals surface area (Å²) in [7, 11) is 4.04. The predicted molar refractivity (Wildman–Crippen MR) is 106 cm³/mol. The van der Waals surface area contributed by atoms with E-state index in [0.717, 1.165) is 41.9 Å². The highest BCUT2D eigenvalue weighted by molar-refractivity contribution is 6.02. The Labute approximate surface area is 151 Å². The predicted octanol–water partition coefficient (Wildman–Crippen LogP) is 4.24. The first-order valence-electron chi connectivity index (χ1n) is 9.07. The normalized spacial score (nSPS) is 11.2. The Bertz CT molecular complexity index is 739. The molecular formula is C21H31N3O. The van der Waals surface area contributed by atoms with Crippen LogP contribution in [0.25, 0.3) is 11.1 Å². The Hall–Kier alpha value is -2.23. The lowest BCUT2D eigenvalue weighted by atomic mass is 9.98. The highest BCUT2D eigenvalue weighted by atomic mass is 16.1. The van der Waals surface area contributed by atoms with Gasteiger partial charge in [0.1, 0.15) is 0 Å². The molecule has 136 valence electrons. The van der Waals surface area contributed by atoms with Crippen molar-refractivity contribution < 1.29 is 4.79 Å². The SMILES string of the molecule is CCc1c(-c2ccc(N(C)C)cc2)c(C(N)=O)c(C)n1CCC(C)C. The van der Waals surface area contributed by atoms with Gasteiger partial charge in [0.05, 0.1) is 5.56 Å². The molecule has 1 aromatic heterocycles. The summed E-state index contributed by atoms with van der Waals surface area (Å²) in [5.74, 6) is 0.272. The number of benzene rings is 1. The minimum atomic E-state index is -0.345. The van der Waals surface area contributed by atoms with Gasteiger partial charge in [0.25, 0.3) is 5.91 Å². The molecule has 1 aromatic carbocycles. The number of rotatable bonds is 7. The fourth-order valence-corrected chi connectivity index (χ4v) is 3.39. The summed E-state index contributed by atoms with van der Waals surface area (Å²) < 4.78 is 2.29. The molecule has 0 aliphatic heterocycles. The molecule has 0 aliphatic rings. The first-order chi connectivity index (χ1) is 11.8. The van der Waals surface area contributed by atoms with E-state index >= 15 is 0 Å². The van der Waals surface area contributed by atoms with Crippen LogP contribution in [0, 0.1) is 12.8 Å². The molecule has 0 atom stereocenters. The Balaban J connectivity index is 2.62. The maximum Gasteiger partial charge on any atom is 0.251 e. The number of anilines is 1. The van der Waals surface area contributed by atoms with Gasteiger partial charge in [0, 0.05) is 43.3 Å². The van der Waals surface area contributed by atoms with Gasteiger partial charge in [-0.05, 0) is 43.4 Å². The number of carbonyl (C=O) groups is 1. The van der Waals surface area contributed by atoms with E-state index in [4.69, 9.17) is 5.73 Å². The summed E-state index contributed by atoms with van der Waals surface area (Å²) in [5, 5.41) is 0. The van der Waals surface area contributed by atoms with Gasteiger partial charge in [-0.3, -0.25) is 4.79 Å². The van der Waals surface area contributed by atoms with Crippen LogP contribution in [0.2, 0.25) is 0 Å². The van der Waals surface area contributed by atoms with E-state index in [9.17, 15) is 4.79 Å². The summed E-state index contributed by atoms with van der Waals surface area (Å²) in [6.45, 7) is 9.52. The molecule has 2 N–H and O–H groups in total. The number of aromatic nitrogens is 1. The lowest BCUT2D eigenvalue weighted by molar-refractivity contribution is 0.1000. The third-order valence-electron chi connectivity index (χ3n) is 4.81. The fourth-order valence-electron chi connectivity index (χ4n) is 3.39. The fraction of sp³-hybridized carbons (Fsp3) is 0.476. The summed E-state index contributed by atoms with van der Waals surface area (Å²) in [6, 6.07) is 8.34. The lowest BCUT2D eigenvalue weighted by Gasteiger charge is -2.14. The number of amides is 1. The standard InChI is InChI=1S/C21H31N3O/c1-7-18-20(16-8-10-17(11-9-16)23(5)6)19(21(22)25)15(4)24(18)13-12-14(2)3/h8-11,14H,7,12-13H2,1-6H3,(H2,22,25). The zero-order chi connectivity index (χ0) is 18.7. The second-order valence-corrected chi connectivity index (χ2v) is 7.28. The van der Waals surface area contributed by atoms with E-state index < -0.39 is 0 Å². The Morgan fingerprint density at radius 3 is 2.24 bits per heavy atom. The summed E-state index contributed by atoms with van der Waals surface area (Å²) in [5.41, 5.74) is 11.8. The van der Waals surface area contributed by atoms with Crippen LogP contribution >= 0.6 is 0 Å². The smallest absolute Gasteiger partial charge is 0.251 e. The first kappa shape index (κ1) is 19.1. The maximum absolute atomic E-state index is 12.2. The highest BCUT2D eigenvalue weighted by Gasteiger charge is 2.23. The van der Waals surface area contributed by atoms with Crippen LogP contribution in [-0.2, 0) is 13.0 Å². The summed E-state index contributed by atoms with van der Waals surface area (Å²) >= 11 is 0. The first-order valence-corrected chi connectivity index (χ1v) is 9.07. The Morgan fingerprint density at radius 1 is 1.20 bits per heavy atom. The van der Waals surface area contributed by atoms with Crippen LogP contribution in [0.4, 0.5) is 5.69 Å². The second kappa shape index (κ2) is 7.77. The minimum Gasteiger partial charge on any atom is -0.378 e. The third-order valence-corrected chi connectivity index (χ3v) is 4.81. The van der Waals surface area contributed by atoms with E-state index in [1.807, 2.05) is 21.0 Å². The highest BCUT2D eigenvalue weighted by Crippen LogP contribution is 2.34. The molecule has 2 rings (SSSR count). The van der Waals surface area contributed by atoms with Gasteiger partial charge in [0.2, 0.25) is 0 Å². The van der Waals surface area contributed by atoms with E-state index in [-0.39, 0.29) is 5.91 Å². The molecule has 0 fully saturated rings. The summed E-state index contributed by atoms with van der Waals surface area (Å²) in [6.07, 6.45) is 1.96. The maximum atomic E-state index is 12.2. The van der Waals surface area contributed by atoms with Gasteiger partial charge in [-0.2, -0.15) is 0 Å². The number of nitrogens with two attached hydrogens (primary N) is 1. The molecule has 0 aliphatic carbocycles. The van der Waals surface area contributed by atoms with Crippen molar-refractivity contribution in [3.05, 3.63) is 41.2 Å². The molecule has 1 amide bonds. The summed E-state index contributed by atoms with van der Waals surface area (Å²) in [4.78, 5) is 14.3. The van der Waals surface area contributed by atoms with Crippen molar-refractivity contribution >= 4 is 11.6 Å². The molecule has 2 aromatic rings. The number of nitrogens with zero attached hydrogens (tertiary/aromatic N) is 2. The van der Waals surface area contributed by atoms with Gasteiger partial charge in [-0.15, -0.1) is 0 Å². The Kier molecular flexibility index (Phi) is 5.93. The van der Waals surface area contributed by atoms with Crippen LogP contribution in [0.1, 0.15) is 48.9 Å². The van der Waals surface area contributed by atoms with Crippen LogP contribution in [-0.4, -0.2) is 24.6 Å². The second-order valence-electron chi connectivity index (χ2n) is 7.28. The van der Waals surface area contributed by atoms with E-state index in [0.29, 0.717) is 11.5 Å². The zero-order valence-corrected chi connectivity index (χ0v) is 16.4. The minimum absolute atomic E-state index is 0.345. The molecule has 0 unspecified atom stereocenters. The lowest BCUT2D eigenvalue weighted by Crippen LogP contribution is -2.14. The third kappa shape index (κ3) is 3.89. The average Bonchev–Trinajstić information content (AvgIpc) is 2.84. The van der Waals surface area contributed by atoms with E-state index in [1.165, 1.54) is 5.69 Å². The van der Waals surface area contributed by atoms with Gasteiger partial charge in [0.15, 0.2) is 0 Å². The molecule has 1 heterocycles. The van der Waals surface area contributed by atoms with Crippen molar-refractivity contribution in [3.63, 3.8) is 0 Å². The molecule has 0 bridgehead atoms. The van der Waals surface area contributed by atoms with Crippen molar-refractivity contribution in [2.24, 2.45) is 11.7 Å². The van der Waals surface area contributed by atoms with Crippen molar-refractivity contribution in [1.82, 2.24) is 4.57 Å². The topological polar surface area (TPSA) is 51.3 Å². The van der Waals surface area contributed by atoms with Gasteiger partial charge in [-0.25, -0.2) is 0 Å². The molecule has 4 heteroatoms. The Morgan fingerprint density at radius 2 is 1.80 bits per heavy atom. The van der Waals surface area contributed by atoms with Crippen molar-refractivity contribution in [2.75, 3.05) is 19.0 Å². The van der Waals surface area contributed by atoms with Gasteiger partial charge < -0.3 is 15.2 Å². The van der Waals surface area contributed by atoms with Crippen molar-refractivity contribution in [2.45, 2.75) is 47.1 Å². The van der Waals surface area contributed by atoms with Crippen LogP contribution in [0.3, 0.4) is 0 Å². The largest absolute Gasteiger partial charge is 0.378 e.